The molecule has 1 unspecified atom stereocenters. The number of aliphatic imine (C=N–C) groups is 1. The highest BCUT2D eigenvalue weighted by atomic mass is 15.3. The molecule has 3 fully saturated rings. The van der Waals surface area contributed by atoms with Gasteiger partial charge in [-0.05, 0) is 38.1 Å². The minimum atomic E-state index is 0.571. The van der Waals surface area contributed by atoms with E-state index in [0.29, 0.717) is 11.5 Å². The lowest BCUT2D eigenvalue weighted by atomic mass is 9.73. The molecule has 0 bridgehead atoms. The van der Waals surface area contributed by atoms with Gasteiger partial charge in [-0.3, -0.25) is 9.89 Å². The fourth-order valence-corrected chi connectivity index (χ4v) is 5.05. The van der Waals surface area contributed by atoms with E-state index < -0.39 is 0 Å². The van der Waals surface area contributed by atoms with E-state index in [2.05, 4.69) is 38.9 Å². The summed E-state index contributed by atoms with van der Waals surface area (Å²) in [5, 5.41) is 3.68. The van der Waals surface area contributed by atoms with Gasteiger partial charge >= 0.3 is 0 Å². The van der Waals surface area contributed by atoms with Crippen molar-refractivity contribution in [3.05, 3.63) is 0 Å². The molecule has 5 nitrogen and oxygen atoms in total. The second-order valence-electron chi connectivity index (χ2n) is 8.48. The molecule has 3 aliphatic rings. The summed E-state index contributed by atoms with van der Waals surface area (Å²) in [4.78, 5) is 12.3. The van der Waals surface area contributed by atoms with Gasteiger partial charge in [0, 0.05) is 58.9 Å². The van der Waals surface area contributed by atoms with E-state index >= 15 is 0 Å². The summed E-state index contributed by atoms with van der Waals surface area (Å²) < 4.78 is 0. The molecule has 0 radical (unpaired) electrons. The van der Waals surface area contributed by atoms with Crippen molar-refractivity contribution in [2.75, 3.05) is 59.4 Å². The summed E-state index contributed by atoms with van der Waals surface area (Å²) in [6.45, 7) is 14.0. The molecular weight excluding hydrogens is 310 g/mol. The lowest BCUT2D eigenvalue weighted by molar-refractivity contribution is 0.107. The van der Waals surface area contributed by atoms with E-state index in [4.69, 9.17) is 0 Å². The smallest absolute Gasteiger partial charge is 0.193 e. The van der Waals surface area contributed by atoms with E-state index in [0.717, 1.165) is 12.5 Å². The van der Waals surface area contributed by atoms with Crippen LogP contribution in [0.4, 0.5) is 0 Å². The molecule has 1 N–H and O–H groups in total. The number of piperazine rings is 1. The Morgan fingerprint density at radius 3 is 2.40 bits per heavy atom. The first-order chi connectivity index (χ1) is 12.2. The summed E-state index contributed by atoms with van der Waals surface area (Å²) in [7, 11) is 1.94. The van der Waals surface area contributed by atoms with E-state index in [-0.39, 0.29) is 0 Å². The predicted octanol–water partition coefficient (Wildman–Crippen LogP) is 2.24. The lowest BCUT2D eigenvalue weighted by Crippen LogP contribution is -2.53. The van der Waals surface area contributed by atoms with Gasteiger partial charge < -0.3 is 15.1 Å². The molecule has 1 atom stereocenters. The molecule has 1 aliphatic carbocycles. The van der Waals surface area contributed by atoms with Crippen LogP contribution in [-0.4, -0.2) is 86.1 Å². The van der Waals surface area contributed by atoms with Crippen LogP contribution in [0, 0.1) is 5.41 Å². The van der Waals surface area contributed by atoms with Crippen LogP contribution in [-0.2, 0) is 0 Å². The normalized spacial score (nSPS) is 27.0. The molecule has 0 aromatic carbocycles. The largest absolute Gasteiger partial charge is 0.355 e. The maximum Gasteiger partial charge on any atom is 0.193 e. The van der Waals surface area contributed by atoms with Crippen LogP contribution in [0.2, 0.25) is 0 Å². The Bertz CT molecular complexity index is 435. The van der Waals surface area contributed by atoms with E-state index in [1.54, 1.807) is 0 Å². The van der Waals surface area contributed by atoms with Crippen molar-refractivity contribution < 1.29 is 0 Å². The second kappa shape index (κ2) is 8.72. The number of nitrogens with one attached hydrogen (secondary N) is 1. The molecule has 1 saturated carbocycles. The van der Waals surface area contributed by atoms with Crippen LogP contribution in [0.3, 0.4) is 0 Å². The molecule has 0 aromatic heterocycles. The molecule has 3 rings (SSSR count). The van der Waals surface area contributed by atoms with Gasteiger partial charge in [0.15, 0.2) is 5.96 Å². The minimum absolute atomic E-state index is 0.571. The zero-order valence-electron chi connectivity index (χ0n) is 16.8. The molecule has 25 heavy (non-hydrogen) atoms. The maximum absolute atomic E-state index is 4.60. The number of likely N-dealkylation sites (N-methyl/N-ethyl adjacent to an activating group) is 1. The summed E-state index contributed by atoms with van der Waals surface area (Å²) in [6.07, 6.45) is 8.53. The fraction of sp³-hybridized carbons (Fsp3) is 0.950. The van der Waals surface area contributed by atoms with Crippen molar-refractivity contribution in [2.45, 2.75) is 58.4 Å². The third kappa shape index (κ3) is 4.68. The first-order valence-corrected chi connectivity index (χ1v) is 10.6. The van der Waals surface area contributed by atoms with E-state index in [1.165, 1.54) is 84.3 Å². The van der Waals surface area contributed by atoms with Crippen molar-refractivity contribution in [1.29, 1.82) is 0 Å². The first-order valence-electron chi connectivity index (χ1n) is 10.6. The molecule has 5 heteroatoms. The van der Waals surface area contributed by atoms with Crippen LogP contribution >= 0.6 is 0 Å². The third-order valence-corrected chi connectivity index (χ3v) is 6.90. The highest BCUT2D eigenvalue weighted by Crippen LogP contribution is 2.43. The SMILES string of the molecule is CCN1CCN(C(C)CNC(=NC)N2CCC3(CCCCC3)C2)CC1. The van der Waals surface area contributed by atoms with Crippen molar-refractivity contribution >= 4 is 5.96 Å². The van der Waals surface area contributed by atoms with Crippen LogP contribution in [0.5, 0.6) is 0 Å². The zero-order chi connectivity index (χ0) is 17.7. The average molecular weight is 350 g/mol. The second-order valence-corrected chi connectivity index (χ2v) is 8.48. The fourth-order valence-electron chi connectivity index (χ4n) is 5.05. The molecule has 0 aromatic rings. The Kier molecular flexibility index (Phi) is 6.61. The maximum atomic E-state index is 4.60. The summed E-state index contributed by atoms with van der Waals surface area (Å²) in [5.41, 5.74) is 0.595. The highest BCUT2D eigenvalue weighted by molar-refractivity contribution is 5.80. The van der Waals surface area contributed by atoms with Gasteiger partial charge in [-0.2, -0.15) is 0 Å². The number of rotatable bonds is 4. The molecule has 2 aliphatic heterocycles. The number of hydrogen-bond acceptors (Lipinski definition) is 3. The number of likely N-dealkylation sites (tertiary alicyclic amines) is 1. The zero-order valence-corrected chi connectivity index (χ0v) is 16.8. The molecule has 2 saturated heterocycles. The van der Waals surface area contributed by atoms with Gasteiger partial charge in [-0.1, -0.05) is 26.2 Å². The Morgan fingerprint density at radius 1 is 1.04 bits per heavy atom. The predicted molar refractivity (Wildman–Crippen MR) is 106 cm³/mol. The van der Waals surface area contributed by atoms with Crippen LogP contribution in [0.25, 0.3) is 0 Å². The Labute approximate surface area is 154 Å². The monoisotopic (exact) mass is 349 g/mol. The molecule has 1 spiro atoms. The van der Waals surface area contributed by atoms with Gasteiger partial charge in [0.25, 0.3) is 0 Å². The van der Waals surface area contributed by atoms with Crippen molar-refractivity contribution in [3.8, 4) is 0 Å². The summed E-state index contributed by atoms with van der Waals surface area (Å²) in [6, 6.07) is 0.571. The Hall–Kier alpha value is -0.810. The highest BCUT2D eigenvalue weighted by Gasteiger charge is 2.39. The van der Waals surface area contributed by atoms with Gasteiger partial charge in [0.05, 0.1) is 0 Å². The summed E-state index contributed by atoms with van der Waals surface area (Å²) in [5.74, 6) is 1.13. The van der Waals surface area contributed by atoms with E-state index in [1.807, 2.05) is 7.05 Å². The van der Waals surface area contributed by atoms with E-state index in [9.17, 15) is 0 Å². The molecule has 0 amide bonds. The average Bonchev–Trinajstić information content (AvgIpc) is 3.06. The van der Waals surface area contributed by atoms with Crippen molar-refractivity contribution in [2.24, 2.45) is 10.4 Å². The van der Waals surface area contributed by atoms with Gasteiger partial charge in [0.1, 0.15) is 0 Å². The van der Waals surface area contributed by atoms with Gasteiger partial charge in [-0.25, -0.2) is 0 Å². The van der Waals surface area contributed by atoms with Crippen LogP contribution in [0.1, 0.15) is 52.4 Å². The molecule has 144 valence electrons. The van der Waals surface area contributed by atoms with Crippen LogP contribution < -0.4 is 5.32 Å². The first kappa shape index (κ1) is 19.0. The molecule has 2 heterocycles. The minimum Gasteiger partial charge on any atom is -0.355 e. The van der Waals surface area contributed by atoms with Crippen molar-refractivity contribution in [1.82, 2.24) is 20.0 Å². The van der Waals surface area contributed by atoms with Crippen LogP contribution in [0.15, 0.2) is 4.99 Å². The van der Waals surface area contributed by atoms with Gasteiger partial charge in [-0.15, -0.1) is 0 Å². The third-order valence-electron chi connectivity index (χ3n) is 6.90. The Morgan fingerprint density at radius 2 is 1.76 bits per heavy atom. The Balaban J connectivity index is 1.45. The van der Waals surface area contributed by atoms with Gasteiger partial charge in [0.2, 0.25) is 0 Å². The molecular formula is C20H39N5. The number of nitrogens with zero attached hydrogens (tertiary/aromatic N) is 4. The topological polar surface area (TPSA) is 34.1 Å². The van der Waals surface area contributed by atoms with Crippen molar-refractivity contribution in [3.63, 3.8) is 0 Å². The lowest BCUT2D eigenvalue weighted by Gasteiger charge is -2.38. The summed E-state index contributed by atoms with van der Waals surface area (Å²) >= 11 is 0. The standard InChI is InChI=1S/C20H39N5/c1-4-23-12-14-24(15-13-23)18(2)16-22-19(21-3)25-11-10-20(17-25)8-6-5-7-9-20/h18H,4-17H2,1-3H3,(H,21,22). The number of guanidine groups is 1. The number of hydrogen-bond donors (Lipinski definition) is 1. The quantitative estimate of drug-likeness (QED) is 0.623.